The van der Waals surface area contributed by atoms with Crippen LogP contribution in [0.4, 0.5) is 9.59 Å². The van der Waals surface area contributed by atoms with Gasteiger partial charge >= 0.3 is 12.2 Å². The molecule has 3 amide bonds. The Kier molecular flexibility index (Phi) is 8.07. The number of hydrogen-bond donors (Lipinski definition) is 1. The van der Waals surface area contributed by atoms with E-state index in [0.717, 1.165) is 23.3 Å². The molecule has 216 valence electrons. The Balaban J connectivity index is 1.61. The lowest BCUT2D eigenvalue weighted by Gasteiger charge is -2.36. The highest BCUT2D eigenvalue weighted by molar-refractivity contribution is 5.95. The molecule has 0 bridgehead atoms. The molecule has 3 fully saturated rings. The fourth-order valence-electron chi connectivity index (χ4n) is 5.95. The molecule has 0 radical (unpaired) electrons. The van der Waals surface area contributed by atoms with E-state index in [2.05, 4.69) is 0 Å². The minimum absolute atomic E-state index is 0.313. The zero-order valence-electron chi connectivity index (χ0n) is 24.4. The highest BCUT2D eigenvalue weighted by atomic mass is 16.6. The van der Waals surface area contributed by atoms with Crippen LogP contribution >= 0.6 is 0 Å². The first-order chi connectivity index (χ1) is 18.1. The number of carbonyl (C=O) groups is 3. The van der Waals surface area contributed by atoms with Crippen molar-refractivity contribution in [1.29, 1.82) is 0 Å². The number of hydrogen-bond acceptors (Lipinski definition) is 7. The minimum atomic E-state index is -1.26. The summed E-state index contributed by atoms with van der Waals surface area (Å²) in [6.45, 7) is 14.4. The summed E-state index contributed by atoms with van der Waals surface area (Å²) >= 11 is 0. The molecule has 9 nitrogen and oxygen atoms in total. The first-order valence-electron chi connectivity index (χ1n) is 14.1. The van der Waals surface area contributed by atoms with Crippen molar-refractivity contribution in [2.24, 2.45) is 17.8 Å². The minimum Gasteiger partial charge on any atom is -0.444 e. The number of amides is 3. The lowest BCUT2D eigenvalue weighted by atomic mass is 9.83. The van der Waals surface area contributed by atoms with E-state index in [4.69, 9.17) is 14.2 Å². The molecule has 6 atom stereocenters. The molecule has 1 aromatic rings. The smallest absolute Gasteiger partial charge is 0.417 e. The standard InChI is InChI=1S/C30H44N2O7/c1-17(2)22(26(34)31-18(3)24(37-27(31)35)20-12-10-9-11-13-20)23(33)25-21(16-19-14-15-19)32(30(7,8)38-25)28(36)39-29(4,5)6/h9-13,17-19,21-25,33H,14-16H2,1-8H3/t18-,21+,22-,23-,24-,25-/m1/s1. The van der Waals surface area contributed by atoms with Gasteiger partial charge in [0.1, 0.15) is 23.5 Å². The largest absolute Gasteiger partial charge is 0.444 e. The Bertz CT molecular complexity index is 1060. The Labute approximate surface area is 231 Å². The van der Waals surface area contributed by atoms with Crippen LogP contribution in [0.1, 0.15) is 86.3 Å². The van der Waals surface area contributed by atoms with E-state index >= 15 is 0 Å². The summed E-state index contributed by atoms with van der Waals surface area (Å²) in [5.74, 6) is -1.35. The predicted molar refractivity (Wildman–Crippen MR) is 144 cm³/mol. The van der Waals surface area contributed by atoms with E-state index in [1.165, 1.54) is 0 Å². The van der Waals surface area contributed by atoms with Crippen LogP contribution in [0.25, 0.3) is 0 Å². The molecular formula is C30H44N2O7. The van der Waals surface area contributed by atoms with Crippen molar-refractivity contribution in [3.05, 3.63) is 35.9 Å². The lowest BCUT2D eigenvalue weighted by Crippen LogP contribution is -2.54. The molecule has 1 aliphatic carbocycles. The molecule has 1 N–H and O–H groups in total. The molecule has 3 aliphatic rings. The topological polar surface area (TPSA) is 106 Å². The number of aliphatic hydroxyl groups is 1. The van der Waals surface area contributed by atoms with Crippen LogP contribution in [0.3, 0.4) is 0 Å². The maximum Gasteiger partial charge on any atom is 0.417 e. The number of carbonyl (C=O) groups excluding carboxylic acids is 3. The molecular weight excluding hydrogens is 500 g/mol. The highest BCUT2D eigenvalue weighted by Crippen LogP contribution is 2.45. The number of nitrogens with zero attached hydrogens (tertiary/aromatic N) is 2. The van der Waals surface area contributed by atoms with Gasteiger partial charge < -0.3 is 19.3 Å². The molecule has 1 aromatic carbocycles. The summed E-state index contributed by atoms with van der Waals surface area (Å²) in [5, 5.41) is 11.8. The van der Waals surface area contributed by atoms with Gasteiger partial charge in [-0.3, -0.25) is 9.69 Å². The van der Waals surface area contributed by atoms with E-state index in [-0.39, 0.29) is 5.92 Å². The van der Waals surface area contributed by atoms with Crippen LogP contribution in [0.5, 0.6) is 0 Å². The third kappa shape index (κ3) is 6.09. The van der Waals surface area contributed by atoms with Crippen molar-refractivity contribution in [3.63, 3.8) is 0 Å². The van der Waals surface area contributed by atoms with Crippen molar-refractivity contribution in [2.75, 3.05) is 0 Å². The normalized spacial score (nSPS) is 28.4. The van der Waals surface area contributed by atoms with Gasteiger partial charge in [0.25, 0.3) is 0 Å². The second kappa shape index (κ2) is 10.7. The quantitative estimate of drug-likeness (QED) is 0.499. The Morgan fingerprint density at radius 1 is 1.15 bits per heavy atom. The Morgan fingerprint density at radius 3 is 2.31 bits per heavy atom. The molecule has 9 heteroatoms. The predicted octanol–water partition coefficient (Wildman–Crippen LogP) is 5.27. The zero-order valence-corrected chi connectivity index (χ0v) is 24.4. The number of ether oxygens (including phenoxy) is 3. The third-order valence-corrected chi connectivity index (χ3v) is 7.92. The molecule has 1 saturated carbocycles. The zero-order chi connectivity index (χ0) is 28.9. The van der Waals surface area contributed by atoms with Crippen LogP contribution < -0.4 is 0 Å². The van der Waals surface area contributed by atoms with E-state index in [0.29, 0.717) is 12.3 Å². The van der Waals surface area contributed by atoms with Gasteiger partial charge in [-0.1, -0.05) is 57.0 Å². The van der Waals surface area contributed by atoms with E-state index < -0.39 is 65.7 Å². The summed E-state index contributed by atoms with van der Waals surface area (Å²) in [5.41, 5.74) is -0.962. The van der Waals surface area contributed by atoms with Crippen LogP contribution in [0.15, 0.2) is 30.3 Å². The monoisotopic (exact) mass is 544 g/mol. The first kappa shape index (κ1) is 29.3. The summed E-state index contributed by atoms with van der Waals surface area (Å²) in [7, 11) is 0. The second-order valence-electron chi connectivity index (χ2n) is 13.1. The lowest BCUT2D eigenvalue weighted by molar-refractivity contribution is -0.150. The van der Waals surface area contributed by atoms with Crippen molar-refractivity contribution in [1.82, 2.24) is 9.80 Å². The van der Waals surface area contributed by atoms with Gasteiger partial charge in [-0.25, -0.2) is 14.5 Å². The number of benzene rings is 1. The van der Waals surface area contributed by atoms with E-state index in [1.807, 2.05) is 65.0 Å². The summed E-state index contributed by atoms with van der Waals surface area (Å²) < 4.78 is 17.7. The highest BCUT2D eigenvalue weighted by Gasteiger charge is 2.57. The van der Waals surface area contributed by atoms with Crippen LogP contribution in [-0.2, 0) is 19.0 Å². The SMILES string of the molecule is CC(C)[C@@H](C(=O)N1C(=O)O[C@@H](c2ccccc2)[C@H]1C)[C@@H](O)[C@@H]1OC(C)(C)N(C(=O)OC(C)(C)C)[C@H]1CC1CC1. The van der Waals surface area contributed by atoms with Gasteiger partial charge in [0, 0.05) is 0 Å². The first-order valence-corrected chi connectivity index (χ1v) is 14.1. The van der Waals surface area contributed by atoms with E-state index in [9.17, 15) is 19.5 Å². The van der Waals surface area contributed by atoms with Crippen molar-refractivity contribution in [3.8, 4) is 0 Å². The third-order valence-electron chi connectivity index (χ3n) is 7.92. The van der Waals surface area contributed by atoms with Crippen molar-refractivity contribution >= 4 is 18.1 Å². The summed E-state index contributed by atoms with van der Waals surface area (Å²) in [6, 6.07) is 8.28. The number of aliphatic hydroxyl groups excluding tert-OH is 1. The molecule has 2 heterocycles. The Morgan fingerprint density at radius 2 is 1.77 bits per heavy atom. The van der Waals surface area contributed by atoms with Gasteiger partial charge in [0.05, 0.1) is 24.1 Å². The van der Waals surface area contributed by atoms with Crippen LogP contribution in [0, 0.1) is 17.8 Å². The molecule has 0 unspecified atom stereocenters. The number of cyclic esters (lactones) is 1. The van der Waals surface area contributed by atoms with E-state index in [1.54, 1.807) is 25.7 Å². The molecule has 0 spiro atoms. The number of imide groups is 1. The fourth-order valence-corrected chi connectivity index (χ4v) is 5.95. The van der Waals surface area contributed by atoms with Gasteiger partial charge in [-0.15, -0.1) is 0 Å². The van der Waals surface area contributed by atoms with Gasteiger partial charge in [0.15, 0.2) is 0 Å². The average Bonchev–Trinajstić information content (AvgIpc) is 3.52. The van der Waals surface area contributed by atoms with Crippen molar-refractivity contribution in [2.45, 2.75) is 116 Å². The van der Waals surface area contributed by atoms with Crippen LogP contribution in [0.2, 0.25) is 0 Å². The fraction of sp³-hybridized carbons (Fsp3) is 0.700. The Hall–Kier alpha value is -2.65. The molecule has 2 saturated heterocycles. The molecule has 39 heavy (non-hydrogen) atoms. The van der Waals surface area contributed by atoms with Crippen LogP contribution in [-0.4, -0.2) is 68.6 Å². The van der Waals surface area contributed by atoms with Crippen molar-refractivity contribution < 1.29 is 33.7 Å². The summed E-state index contributed by atoms with van der Waals surface area (Å²) in [4.78, 5) is 43.1. The van der Waals surface area contributed by atoms with Gasteiger partial charge in [-0.05, 0) is 65.4 Å². The maximum atomic E-state index is 14.0. The maximum absolute atomic E-state index is 14.0. The number of rotatable bonds is 7. The second-order valence-corrected chi connectivity index (χ2v) is 13.1. The average molecular weight is 545 g/mol. The van der Waals surface area contributed by atoms with Gasteiger partial charge in [-0.2, -0.15) is 0 Å². The van der Waals surface area contributed by atoms with Gasteiger partial charge in [0.2, 0.25) is 5.91 Å². The molecule has 0 aromatic heterocycles. The molecule has 2 aliphatic heterocycles. The summed E-state index contributed by atoms with van der Waals surface area (Å²) in [6.07, 6.45) is -1.19. The molecule has 4 rings (SSSR count).